The first-order valence-electron chi connectivity index (χ1n) is 15.9. The molecule has 0 atom stereocenters. The van der Waals surface area contributed by atoms with Crippen LogP contribution in [0.3, 0.4) is 0 Å². The predicted octanol–water partition coefficient (Wildman–Crippen LogP) is 8.53. The molecular weight excluding hydrogens is 518 g/mol. The lowest BCUT2D eigenvalue weighted by Crippen LogP contribution is -2.36. The lowest BCUT2D eigenvalue weighted by Gasteiger charge is -2.22. The maximum Gasteiger partial charge on any atom is 0.254 e. The monoisotopic (exact) mass is 575 g/mol. The smallest absolute Gasteiger partial charge is 0.254 e. The molecule has 6 heteroatoms. The van der Waals surface area contributed by atoms with Crippen molar-refractivity contribution in [2.75, 3.05) is 26.2 Å². The number of nitrogens with one attached hydrogen (secondary N) is 2. The molecule has 228 valence electrons. The zero-order chi connectivity index (χ0) is 29.4. The fraction of sp³-hybridized carbons (Fsp3) is 0.676. The molecule has 40 heavy (non-hydrogen) atoms. The van der Waals surface area contributed by atoms with Crippen LogP contribution in [0.25, 0.3) is 0 Å². The highest BCUT2D eigenvalue weighted by molar-refractivity contribution is 6.31. The second kappa shape index (κ2) is 23.8. The highest BCUT2D eigenvalue weighted by Crippen LogP contribution is 2.17. The van der Waals surface area contributed by atoms with Crippen LogP contribution in [-0.2, 0) is 6.54 Å². The van der Waals surface area contributed by atoms with Gasteiger partial charge < -0.3 is 19.9 Å². The number of hydrogen-bond acceptors (Lipinski definition) is 4. The molecule has 1 aliphatic rings. The van der Waals surface area contributed by atoms with Crippen molar-refractivity contribution in [1.82, 2.24) is 15.2 Å². The molecule has 0 saturated heterocycles. The van der Waals surface area contributed by atoms with Crippen LogP contribution in [0.1, 0.15) is 112 Å². The highest BCUT2D eigenvalue weighted by Gasteiger charge is 2.11. The van der Waals surface area contributed by atoms with Crippen LogP contribution in [0.4, 0.5) is 0 Å². The fourth-order valence-electron chi connectivity index (χ4n) is 4.77. The molecule has 1 saturated carbocycles. The van der Waals surface area contributed by atoms with E-state index in [1.807, 2.05) is 30.5 Å². The summed E-state index contributed by atoms with van der Waals surface area (Å²) in [6, 6.07) is 4.25. The number of pyridine rings is 1. The minimum atomic E-state index is -0.0103. The molecule has 1 aromatic heterocycles. The van der Waals surface area contributed by atoms with Crippen molar-refractivity contribution in [3.8, 4) is 5.75 Å². The maximum absolute atomic E-state index is 12.2. The normalized spacial score (nSPS) is 14.2. The van der Waals surface area contributed by atoms with Crippen molar-refractivity contribution in [3.05, 3.63) is 63.1 Å². The van der Waals surface area contributed by atoms with Crippen molar-refractivity contribution in [1.29, 1.82) is 0 Å². The number of rotatable bonds is 18. The molecule has 0 unspecified atom stereocenters. The topological polar surface area (TPSA) is 55.3 Å². The molecule has 0 aliphatic heterocycles. The van der Waals surface area contributed by atoms with E-state index >= 15 is 0 Å². The number of nitrogens with zero attached hydrogens (tertiary/aromatic N) is 1. The van der Waals surface area contributed by atoms with Gasteiger partial charge in [-0.2, -0.15) is 0 Å². The molecule has 1 aromatic rings. The molecular formula is C34H58ClN3O2. The quantitative estimate of drug-likeness (QED) is 0.105. The molecule has 1 aliphatic carbocycles. The van der Waals surface area contributed by atoms with Crippen molar-refractivity contribution in [2.24, 2.45) is 0 Å². The van der Waals surface area contributed by atoms with Gasteiger partial charge in [-0.25, -0.2) is 0 Å². The summed E-state index contributed by atoms with van der Waals surface area (Å²) in [6.45, 7) is 15.5. The zero-order valence-corrected chi connectivity index (χ0v) is 27.0. The summed E-state index contributed by atoms with van der Waals surface area (Å²) >= 11 is 6.07. The van der Waals surface area contributed by atoms with Crippen LogP contribution in [0.5, 0.6) is 5.75 Å². The van der Waals surface area contributed by atoms with Crippen LogP contribution in [0.2, 0.25) is 0 Å². The van der Waals surface area contributed by atoms with E-state index in [1.165, 1.54) is 49.7 Å². The minimum absolute atomic E-state index is 0.0103. The Balaban J connectivity index is 0.000000512. The van der Waals surface area contributed by atoms with Gasteiger partial charge >= 0.3 is 0 Å². The Morgan fingerprint density at radius 1 is 1.07 bits per heavy atom. The van der Waals surface area contributed by atoms with Gasteiger partial charge in [-0.05, 0) is 83.9 Å². The standard InChI is InChI=1S/C23H34ClNO2.C11H24N2/c1-5-7-12-21(24)13-8-9-17-27-22-14-16-25(23(26)18-22)15-10-11-20(6-2)19(3)4;1-2-8-12-9-10-13-11-6-4-3-5-7-11/h8,12-14,16,18H,5-7,9-11,15,17H2,1-4H3;11-13H,2-10H2,1H3/b13-8-,21-12+;. The van der Waals surface area contributed by atoms with Gasteiger partial charge in [-0.3, -0.25) is 4.79 Å². The van der Waals surface area contributed by atoms with E-state index in [2.05, 4.69) is 45.3 Å². The van der Waals surface area contributed by atoms with Crippen LogP contribution < -0.4 is 20.9 Å². The Bertz CT molecular complexity index is 925. The first-order chi connectivity index (χ1) is 19.4. The molecule has 0 amide bonds. The van der Waals surface area contributed by atoms with Gasteiger partial charge in [0.15, 0.2) is 0 Å². The first kappa shape index (κ1) is 36.2. The van der Waals surface area contributed by atoms with Crippen molar-refractivity contribution in [3.63, 3.8) is 0 Å². The van der Waals surface area contributed by atoms with Crippen LogP contribution in [-0.4, -0.2) is 36.9 Å². The lowest BCUT2D eigenvalue weighted by molar-refractivity contribution is 0.323. The number of halogens is 1. The number of unbranched alkanes of at least 4 members (excludes halogenated alkanes) is 1. The third-order valence-electron chi connectivity index (χ3n) is 7.20. The summed E-state index contributed by atoms with van der Waals surface area (Å²) in [5.41, 5.74) is 2.87. The largest absolute Gasteiger partial charge is 0.493 e. The number of ether oxygens (including phenoxy) is 1. The Morgan fingerprint density at radius 2 is 1.85 bits per heavy atom. The van der Waals surface area contributed by atoms with E-state index in [0.717, 1.165) is 75.8 Å². The number of aromatic nitrogens is 1. The summed E-state index contributed by atoms with van der Waals surface area (Å²) in [4.78, 5) is 12.2. The van der Waals surface area contributed by atoms with Gasteiger partial charge in [0.2, 0.25) is 0 Å². The third kappa shape index (κ3) is 17.8. The highest BCUT2D eigenvalue weighted by atomic mass is 35.5. The maximum atomic E-state index is 12.2. The summed E-state index contributed by atoms with van der Waals surface area (Å²) in [5, 5.41) is 7.79. The fourth-order valence-corrected chi connectivity index (χ4v) is 4.97. The third-order valence-corrected chi connectivity index (χ3v) is 7.48. The zero-order valence-electron chi connectivity index (χ0n) is 26.2. The van der Waals surface area contributed by atoms with Crippen LogP contribution in [0, 0.1) is 0 Å². The number of aryl methyl sites for hydroxylation is 1. The van der Waals surface area contributed by atoms with Crippen molar-refractivity contribution < 1.29 is 4.74 Å². The Morgan fingerprint density at radius 3 is 2.50 bits per heavy atom. The molecule has 1 heterocycles. The molecule has 0 spiro atoms. The molecule has 2 rings (SSSR count). The molecule has 0 aromatic carbocycles. The average Bonchev–Trinajstić information content (AvgIpc) is 2.95. The second-order valence-electron chi connectivity index (χ2n) is 10.9. The second-order valence-corrected chi connectivity index (χ2v) is 11.3. The number of allylic oxidation sites excluding steroid dienone is 5. The molecule has 0 radical (unpaired) electrons. The van der Waals surface area contributed by atoms with E-state index in [4.69, 9.17) is 16.3 Å². The van der Waals surface area contributed by atoms with E-state index in [-0.39, 0.29) is 5.56 Å². The molecule has 0 bridgehead atoms. The molecule has 5 nitrogen and oxygen atoms in total. The minimum Gasteiger partial charge on any atom is -0.493 e. The van der Waals surface area contributed by atoms with Gasteiger partial charge in [0.1, 0.15) is 5.75 Å². The van der Waals surface area contributed by atoms with Crippen LogP contribution in [0.15, 0.2) is 57.5 Å². The van der Waals surface area contributed by atoms with Crippen molar-refractivity contribution >= 4 is 11.6 Å². The van der Waals surface area contributed by atoms with E-state index in [1.54, 1.807) is 10.6 Å². The van der Waals surface area contributed by atoms with Gasteiger partial charge in [0, 0.05) is 43.0 Å². The molecule has 1 fully saturated rings. The van der Waals surface area contributed by atoms with E-state index < -0.39 is 0 Å². The SMILES string of the molecule is CCC/C=C(Cl)\C=C/CCOc1ccn(CCCC(CC)=C(C)C)c(=O)c1.CCCNCCNC1CCCCC1. The van der Waals surface area contributed by atoms with Gasteiger partial charge in [0.05, 0.1) is 6.61 Å². The van der Waals surface area contributed by atoms with Crippen molar-refractivity contribution in [2.45, 2.75) is 124 Å². The Kier molecular flexibility index (Phi) is 21.6. The first-order valence-corrected chi connectivity index (χ1v) is 16.2. The summed E-state index contributed by atoms with van der Waals surface area (Å²) in [5.74, 6) is 0.621. The number of hydrogen-bond donors (Lipinski definition) is 2. The molecule has 2 N–H and O–H groups in total. The van der Waals surface area contributed by atoms with E-state index in [0.29, 0.717) is 12.4 Å². The summed E-state index contributed by atoms with van der Waals surface area (Å²) in [6.07, 6.45) is 22.0. The van der Waals surface area contributed by atoms with Gasteiger partial charge in [-0.15, -0.1) is 0 Å². The Hall–Kier alpha value is -1.82. The van der Waals surface area contributed by atoms with E-state index in [9.17, 15) is 4.79 Å². The van der Waals surface area contributed by atoms with Gasteiger partial charge in [-0.1, -0.05) is 81.4 Å². The Labute approximate surface area is 250 Å². The summed E-state index contributed by atoms with van der Waals surface area (Å²) < 4.78 is 7.42. The van der Waals surface area contributed by atoms with Crippen LogP contribution >= 0.6 is 11.6 Å². The van der Waals surface area contributed by atoms with Gasteiger partial charge in [0.25, 0.3) is 5.56 Å². The summed E-state index contributed by atoms with van der Waals surface area (Å²) in [7, 11) is 0. The predicted molar refractivity (Wildman–Crippen MR) is 175 cm³/mol. The lowest BCUT2D eigenvalue weighted by atomic mass is 9.95. The average molecular weight is 576 g/mol.